The molecule has 0 saturated carbocycles. The summed E-state index contributed by atoms with van der Waals surface area (Å²) in [5.74, 6) is -0.784. The monoisotopic (exact) mass is 625 g/mol. The molecule has 0 radical (unpaired) electrons. The third-order valence-electron chi connectivity index (χ3n) is 8.26. The number of aromatic nitrogens is 1. The van der Waals surface area contributed by atoms with Crippen molar-refractivity contribution >= 4 is 38.9 Å². The van der Waals surface area contributed by atoms with Crippen molar-refractivity contribution < 1.29 is 23.1 Å². The van der Waals surface area contributed by atoms with Crippen molar-refractivity contribution in [3.05, 3.63) is 81.3 Å². The summed E-state index contributed by atoms with van der Waals surface area (Å²) >= 11 is 1.52. The van der Waals surface area contributed by atoms with E-state index < -0.39 is 28.1 Å². The van der Waals surface area contributed by atoms with Gasteiger partial charge in [0.05, 0.1) is 30.1 Å². The summed E-state index contributed by atoms with van der Waals surface area (Å²) < 4.78 is 26.0. The number of amides is 2. The highest BCUT2D eigenvalue weighted by Gasteiger charge is 2.34. The lowest BCUT2D eigenvalue weighted by atomic mass is 9.95. The number of benzene rings is 2. The molecule has 10 nitrogen and oxygen atoms in total. The van der Waals surface area contributed by atoms with Crippen molar-refractivity contribution in [2.24, 2.45) is 0 Å². The number of sulfonamides is 1. The first-order chi connectivity index (χ1) is 20.5. The first-order valence-corrected chi connectivity index (χ1v) is 17.3. The molecule has 2 amide bonds. The van der Waals surface area contributed by atoms with Crippen LogP contribution in [0, 0.1) is 6.92 Å². The van der Waals surface area contributed by atoms with E-state index >= 15 is 0 Å². The fourth-order valence-corrected chi connectivity index (χ4v) is 7.29. The van der Waals surface area contributed by atoms with E-state index in [-0.39, 0.29) is 34.8 Å². The molecule has 3 heterocycles. The molecule has 2 saturated heterocycles. The van der Waals surface area contributed by atoms with Crippen LogP contribution in [0.25, 0.3) is 0 Å². The lowest BCUT2D eigenvalue weighted by molar-refractivity contribution is 0.0733. The Labute approximate surface area is 257 Å². The molecule has 2 aromatic carbocycles. The van der Waals surface area contributed by atoms with E-state index in [1.807, 2.05) is 42.6 Å². The van der Waals surface area contributed by atoms with Gasteiger partial charge in [-0.05, 0) is 69.3 Å². The first kappa shape index (κ1) is 31.1. The maximum absolute atomic E-state index is 13.9. The van der Waals surface area contributed by atoms with Gasteiger partial charge in [-0.1, -0.05) is 30.3 Å². The number of carbonyl (C=O) groups is 2. The Hall–Kier alpha value is -3.32. The van der Waals surface area contributed by atoms with Crippen LogP contribution in [-0.2, 0) is 16.4 Å². The minimum atomic E-state index is -3.68. The second-order valence-corrected chi connectivity index (χ2v) is 14.3. The number of thiazole rings is 1. The molecule has 3 aromatic rings. The average molecular weight is 626 g/mol. The van der Waals surface area contributed by atoms with E-state index in [1.54, 1.807) is 4.90 Å². The molecule has 2 aliphatic rings. The topological polar surface area (TPSA) is 132 Å². The highest BCUT2D eigenvalue weighted by atomic mass is 32.2. The maximum atomic E-state index is 13.9. The summed E-state index contributed by atoms with van der Waals surface area (Å²) in [6.07, 6.45) is 3.97. The fourth-order valence-electron chi connectivity index (χ4n) is 5.86. The molecule has 0 unspecified atom stereocenters. The summed E-state index contributed by atoms with van der Waals surface area (Å²) in [4.78, 5) is 34.1. The van der Waals surface area contributed by atoms with Crippen LogP contribution in [-0.4, -0.2) is 79.8 Å². The van der Waals surface area contributed by atoms with Crippen molar-refractivity contribution in [2.75, 3.05) is 30.7 Å². The van der Waals surface area contributed by atoms with Crippen LogP contribution in [0.15, 0.2) is 53.9 Å². The number of aliphatic hydroxyl groups is 1. The van der Waals surface area contributed by atoms with Crippen molar-refractivity contribution in [2.45, 2.75) is 63.3 Å². The van der Waals surface area contributed by atoms with Gasteiger partial charge in [0.25, 0.3) is 11.8 Å². The lowest BCUT2D eigenvalue weighted by Gasteiger charge is -2.29. The van der Waals surface area contributed by atoms with Crippen LogP contribution in [0.2, 0.25) is 0 Å². The van der Waals surface area contributed by atoms with Crippen LogP contribution in [0.1, 0.15) is 68.7 Å². The van der Waals surface area contributed by atoms with E-state index in [2.05, 4.69) is 15.6 Å². The van der Waals surface area contributed by atoms with E-state index in [4.69, 9.17) is 0 Å². The summed E-state index contributed by atoms with van der Waals surface area (Å²) in [5.41, 5.74) is 2.42. The average Bonchev–Trinajstić information content (AvgIpc) is 3.78. The fraction of sp³-hybridized carbons (Fsp3) is 0.452. The highest BCUT2D eigenvalue weighted by molar-refractivity contribution is 7.92. The predicted octanol–water partition coefficient (Wildman–Crippen LogP) is 3.28. The molecule has 0 bridgehead atoms. The number of aliphatic hydroxyl groups excluding tert-OH is 1. The zero-order chi connectivity index (χ0) is 30.7. The van der Waals surface area contributed by atoms with Gasteiger partial charge in [0.2, 0.25) is 10.0 Å². The number of carbonyl (C=O) groups excluding carboxylic acids is 2. The van der Waals surface area contributed by atoms with Crippen LogP contribution in [0.5, 0.6) is 0 Å². The van der Waals surface area contributed by atoms with Crippen molar-refractivity contribution in [1.29, 1.82) is 0 Å². The second-order valence-electron chi connectivity index (χ2n) is 11.4. The molecular weight excluding hydrogens is 587 g/mol. The number of nitrogens with zero attached hydrogens (tertiary/aromatic N) is 3. The number of hydrogen-bond acceptors (Lipinski definition) is 8. The van der Waals surface area contributed by atoms with Gasteiger partial charge in [0, 0.05) is 41.8 Å². The SMILES string of the molecule is Cc1csc([C@H]2CCCN2C(=O)c2cc(C(=O)N[C@@H](Cc3ccccc3)[C@H](O)[C@H]3CCCN3)cc(N(C)S(C)(=O)=O)c2)n1. The summed E-state index contributed by atoms with van der Waals surface area (Å²) in [5, 5.41) is 20.5. The quantitative estimate of drug-likeness (QED) is 0.315. The Kier molecular flexibility index (Phi) is 9.50. The Morgan fingerprint density at radius 3 is 2.56 bits per heavy atom. The van der Waals surface area contributed by atoms with Gasteiger partial charge in [-0.2, -0.15) is 0 Å². The first-order valence-electron chi connectivity index (χ1n) is 14.6. The predicted molar refractivity (Wildman–Crippen MR) is 168 cm³/mol. The second kappa shape index (κ2) is 13.1. The number of likely N-dealkylation sites (tertiary alicyclic amines) is 1. The standard InChI is InChI=1S/C31H39N5O5S2/c1-20-19-42-30(33-20)27-12-8-14-36(27)31(39)23-16-22(17-24(18-23)35(2)43(3,40)41)29(38)34-26(15-21-9-5-4-6-10-21)28(37)25-11-7-13-32-25/h4-6,9-10,16-19,25-28,32,37H,7-8,11-15H2,1-3H3,(H,34,38)/t25-,26+,27-,28-/m1/s1. The Balaban J connectivity index is 1.47. The molecule has 1 aromatic heterocycles. The summed E-state index contributed by atoms with van der Waals surface area (Å²) in [6, 6.07) is 13.2. The molecule has 2 aliphatic heterocycles. The smallest absolute Gasteiger partial charge is 0.254 e. The number of nitrogens with one attached hydrogen (secondary N) is 2. The molecule has 12 heteroatoms. The number of hydrogen-bond donors (Lipinski definition) is 3. The molecule has 2 fully saturated rings. The highest BCUT2D eigenvalue weighted by Crippen LogP contribution is 2.35. The van der Waals surface area contributed by atoms with Crippen LogP contribution in [0.3, 0.4) is 0 Å². The normalized spacial score (nSPS) is 20.1. The van der Waals surface area contributed by atoms with Gasteiger partial charge in [-0.3, -0.25) is 13.9 Å². The maximum Gasteiger partial charge on any atom is 0.254 e. The number of rotatable bonds is 10. The molecular formula is C31H39N5O5S2. The van der Waals surface area contributed by atoms with Gasteiger partial charge in [0.15, 0.2) is 0 Å². The zero-order valence-electron chi connectivity index (χ0n) is 24.7. The number of anilines is 1. The Bertz CT molecular complexity index is 1560. The third-order valence-corrected chi connectivity index (χ3v) is 10.5. The molecule has 3 N–H and O–H groups in total. The summed E-state index contributed by atoms with van der Waals surface area (Å²) in [7, 11) is -2.28. The molecule has 0 spiro atoms. The van der Waals surface area contributed by atoms with E-state index in [9.17, 15) is 23.1 Å². The third kappa shape index (κ3) is 7.26. The Morgan fingerprint density at radius 2 is 1.91 bits per heavy atom. The van der Waals surface area contributed by atoms with Crippen molar-refractivity contribution in [3.63, 3.8) is 0 Å². The van der Waals surface area contributed by atoms with Gasteiger partial charge in [-0.15, -0.1) is 11.3 Å². The molecule has 0 aliphatic carbocycles. The van der Waals surface area contributed by atoms with E-state index in [0.29, 0.717) is 13.0 Å². The van der Waals surface area contributed by atoms with Crippen LogP contribution < -0.4 is 14.9 Å². The molecule has 4 atom stereocenters. The van der Waals surface area contributed by atoms with Crippen molar-refractivity contribution in [3.8, 4) is 0 Å². The van der Waals surface area contributed by atoms with Crippen molar-refractivity contribution in [1.82, 2.24) is 20.5 Å². The minimum absolute atomic E-state index is 0.141. The zero-order valence-corrected chi connectivity index (χ0v) is 26.3. The van der Waals surface area contributed by atoms with Crippen LogP contribution in [0.4, 0.5) is 5.69 Å². The summed E-state index contributed by atoms with van der Waals surface area (Å²) in [6.45, 7) is 3.26. The Morgan fingerprint density at radius 1 is 1.16 bits per heavy atom. The van der Waals surface area contributed by atoms with E-state index in [0.717, 1.165) is 59.1 Å². The molecule has 230 valence electrons. The van der Waals surface area contributed by atoms with Crippen LogP contribution >= 0.6 is 11.3 Å². The van der Waals surface area contributed by atoms with Gasteiger partial charge < -0.3 is 20.6 Å². The van der Waals surface area contributed by atoms with Gasteiger partial charge in [-0.25, -0.2) is 13.4 Å². The van der Waals surface area contributed by atoms with Gasteiger partial charge in [0.1, 0.15) is 5.01 Å². The lowest BCUT2D eigenvalue weighted by Crippen LogP contribution is -2.52. The largest absolute Gasteiger partial charge is 0.389 e. The van der Waals surface area contributed by atoms with Gasteiger partial charge >= 0.3 is 0 Å². The molecule has 5 rings (SSSR count). The molecule has 43 heavy (non-hydrogen) atoms. The van der Waals surface area contributed by atoms with E-state index in [1.165, 1.54) is 36.6 Å². The number of aryl methyl sites for hydroxylation is 1. The minimum Gasteiger partial charge on any atom is -0.389 e.